The van der Waals surface area contributed by atoms with Crippen molar-refractivity contribution in [2.24, 2.45) is 11.7 Å². The molecule has 0 saturated heterocycles. The molecule has 4 amide bonds. The molecule has 1 aromatic rings. The highest BCUT2D eigenvalue weighted by atomic mass is 16.6. The topological polar surface area (TPSA) is 131 Å². The number of nitrogens with one attached hydrogen (secondary N) is 2. The van der Waals surface area contributed by atoms with E-state index in [9.17, 15) is 19.2 Å². The fourth-order valence-electron chi connectivity index (χ4n) is 5.42. The van der Waals surface area contributed by atoms with E-state index in [1.807, 2.05) is 39.0 Å². The maximum absolute atomic E-state index is 14.3. The van der Waals surface area contributed by atoms with Gasteiger partial charge < -0.3 is 26.0 Å². The molecule has 2 aliphatic carbocycles. The molecule has 9 heteroatoms. The lowest BCUT2D eigenvalue weighted by atomic mass is 9.93. The Labute approximate surface area is 232 Å². The Morgan fingerprint density at radius 1 is 1.10 bits per heavy atom. The van der Waals surface area contributed by atoms with Gasteiger partial charge in [-0.1, -0.05) is 49.9 Å². The van der Waals surface area contributed by atoms with Gasteiger partial charge in [0.05, 0.1) is 0 Å². The van der Waals surface area contributed by atoms with Crippen LogP contribution in [0.3, 0.4) is 0 Å². The fourth-order valence-corrected chi connectivity index (χ4v) is 5.42. The molecule has 0 radical (unpaired) electrons. The summed E-state index contributed by atoms with van der Waals surface area (Å²) in [5.74, 6) is -1.01. The van der Waals surface area contributed by atoms with Crippen LogP contribution in [0.4, 0.5) is 4.79 Å². The Balaban J connectivity index is 2.00. The minimum atomic E-state index is -1.07. The van der Waals surface area contributed by atoms with E-state index in [4.69, 9.17) is 10.5 Å². The summed E-state index contributed by atoms with van der Waals surface area (Å²) in [6.45, 7) is 11.2. The predicted molar refractivity (Wildman–Crippen MR) is 150 cm³/mol. The minimum Gasteiger partial charge on any atom is -0.444 e. The number of nitrogens with zero attached hydrogens (tertiary/aromatic N) is 1. The van der Waals surface area contributed by atoms with Crippen molar-refractivity contribution < 1.29 is 23.9 Å². The summed E-state index contributed by atoms with van der Waals surface area (Å²) in [4.78, 5) is 54.4. The molecular formula is C30H46N4O5. The van der Waals surface area contributed by atoms with Crippen molar-refractivity contribution in [2.45, 2.75) is 123 Å². The number of ether oxygens (including phenoxy) is 1. The number of amides is 4. The standard InChI is InChI=1S/C30H46N4O5/c1-18-12-13-22(19(2)16-18)26(27(36)32-21-10-8-7-9-11-21)34(24-17-20(24)3)28(37)23(14-15-25(31)35)33-29(38)39-30(4,5)6/h12-13,16,20-21,23-24,26H,7-11,14-15,17H2,1-6H3,(H2,31,35)(H,32,36)(H,33,38). The van der Waals surface area contributed by atoms with Crippen LogP contribution >= 0.6 is 0 Å². The van der Waals surface area contributed by atoms with Gasteiger partial charge >= 0.3 is 6.09 Å². The maximum atomic E-state index is 14.3. The summed E-state index contributed by atoms with van der Waals surface area (Å²) >= 11 is 0. The molecule has 216 valence electrons. The van der Waals surface area contributed by atoms with Gasteiger partial charge in [-0.3, -0.25) is 14.4 Å². The molecule has 0 spiro atoms. The number of benzene rings is 1. The number of nitrogens with two attached hydrogens (primary N) is 1. The van der Waals surface area contributed by atoms with Crippen LogP contribution in [0.2, 0.25) is 0 Å². The first-order valence-corrected chi connectivity index (χ1v) is 14.2. The highest BCUT2D eigenvalue weighted by molar-refractivity contribution is 5.93. The number of rotatable bonds is 10. The predicted octanol–water partition coefficient (Wildman–Crippen LogP) is 4.19. The van der Waals surface area contributed by atoms with Crippen LogP contribution in [-0.2, 0) is 19.1 Å². The number of primary amides is 1. The first-order chi connectivity index (χ1) is 18.3. The van der Waals surface area contributed by atoms with E-state index < -0.39 is 35.6 Å². The fraction of sp³-hybridized carbons (Fsp3) is 0.667. The molecule has 4 unspecified atom stereocenters. The van der Waals surface area contributed by atoms with Crippen LogP contribution in [0.5, 0.6) is 0 Å². The Morgan fingerprint density at radius 2 is 1.74 bits per heavy atom. The SMILES string of the molecule is Cc1ccc(C(C(=O)NC2CCCCC2)N(C(=O)C(CCC(N)=O)NC(=O)OC(C)(C)C)C2CC2C)c(C)c1. The van der Waals surface area contributed by atoms with Crippen LogP contribution < -0.4 is 16.4 Å². The molecule has 0 aliphatic heterocycles. The van der Waals surface area contributed by atoms with Crippen molar-refractivity contribution in [2.75, 3.05) is 0 Å². The first kappa shape index (κ1) is 30.4. The quantitative estimate of drug-likeness (QED) is 0.408. The third-order valence-corrected chi connectivity index (χ3v) is 7.55. The largest absolute Gasteiger partial charge is 0.444 e. The zero-order valence-electron chi connectivity index (χ0n) is 24.3. The molecule has 39 heavy (non-hydrogen) atoms. The Morgan fingerprint density at radius 3 is 2.28 bits per heavy atom. The number of alkyl carbamates (subject to hydrolysis) is 1. The molecule has 0 bridgehead atoms. The lowest BCUT2D eigenvalue weighted by Gasteiger charge is -2.36. The molecule has 2 saturated carbocycles. The van der Waals surface area contributed by atoms with Crippen molar-refractivity contribution in [1.29, 1.82) is 0 Å². The van der Waals surface area contributed by atoms with Crippen LogP contribution in [0.25, 0.3) is 0 Å². The molecule has 4 atom stereocenters. The molecule has 2 fully saturated rings. The van der Waals surface area contributed by atoms with Crippen LogP contribution in [0.15, 0.2) is 18.2 Å². The van der Waals surface area contributed by atoms with Gasteiger partial charge in [0.1, 0.15) is 17.7 Å². The maximum Gasteiger partial charge on any atom is 0.408 e. The number of carbonyl (C=O) groups is 4. The van der Waals surface area contributed by atoms with Crippen LogP contribution in [0, 0.1) is 19.8 Å². The molecule has 3 rings (SSSR count). The summed E-state index contributed by atoms with van der Waals surface area (Å²) in [6.07, 6.45) is 5.03. The molecule has 4 N–H and O–H groups in total. The second kappa shape index (κ2) is 12.8. The summed E-state index contributed by atoms with van der Waals surface area (Å²) in [5, 5.41) is 5.90. The summed E-state index contributed by atoms with van der Waals surface area (Å²) in [5.41, 5.74) is 7.37. The minimum absolute atomic E-state index is 0.00878. The molecule has 0 heterocycles. The summed E-state index contributed by atoms with van der Waals surface area (Å²) < 4.78 is 5.41. The van der Waals surface area contributed by atoms with E-state index in [1.54, 1.807) is 25.7 Å². The third kappa shape index (κ3) is 8.70. The molecule has 0 aromatic heterocycles. The monoisotopic (exact) mass is 542 g/mol. The van der Waals surface area contributed by atoms with Gasteiger partial charge in [0, 0.05) is 18.5 Å². The van der Waals surface area contributed by atoms with E-state index in [-0.39, 0.29) is 36.8 Å². The Kier molecular flexibility index (Phi) is 10.0. The molecule has 9 nitrogen and oxygen atoms in total. The van der Waals surface area contributed by atoms with E-state index >= 15 is 0 Å². The highest BCUT2D eigenvalue weighted by Crippen LogP contribution is 2.41. The van der Waals surface area contributed by atoms with Crippen molar-refractivity contribution in [3.8, 4) is 0 Å². The van der Waals surface area contributed by atoms with Gasteiger partial charge in [0.15, 0.2) is 0 Å². The van der Waals surface area contributed by atoms with Gasteiger partial charge in [-0.25, -0.2) is 4.79 Å². The Hall–Kier alpha value is -3.10. The highest BCUT2D eigenvalue weighted by Gasteiger charge is 2.48. The van der Waals surface area contributed by atoms with E-state index in [2.05, 4.69) is 10.6 Å². The van der Waals surface area contributed by atoms with E-state index in [0.29, 0.717) is 0 Å². The van der Waals surface area contributed by atoms with Gasteiger partial charge in [0.2, 0.25) is 17.7 Å². The van der Waals surface area contributed by atoms with Gasteiger partial charge in [-0.2, -0.15) is 0 Å². The Bertz CT molecular complexity index is 1060. The number of hydrogen-bond donors (Lipinski definition) is 3. The lowest BCUT2D eigenvalue weighted by Crippen LogP contribution is -2.55. The van der Waals surface area contributed by atoms with E-state index in [1.165, 1.54) is 0 Å². The van der Waals surface area contributed by atoms with Crippen LogP contribution in [0.1, 0.15) is 102 Å². The number of hydrogen-bond acceptors (Lipinski definition) is 5. The zero-order chi connectivity index (χ0) is 28.9. The second-order valence-corrected chi connectivity index (χ2v) is 12.3. The average Bonchev–Trinajstić information content (AvgIpc) is 3.55. The van der Waals surface area contributed by atoms with Crippen LogP contribution in [-0.4, -0.2) is 52.4 Å². The number of aryl methyl sites for hydroxylation is 2. The van der Waals surface area contributed by atoms with Gasteiger partial charge in [0.25, 0.3) is 0 Å². The molecule has 1 aromatic carbocycles. The second-order valence-electron chi connectivity index (χ2n) is 12.3. The van der Waals surface area contributed by atoms with Crippen molar-refractivity contribution in [3.05, 3.63) is 34.9 Å². The van der Waals surface area contributed by atoms with Gasteiger partial charge in [-0.05, 0) is 77.3 Å². The molecular weight excluding hydrogens is 496 g/mol. The van der Waals surface area contributed by atoms with Crippen molar-refractivity contribution in [1.82, 2.24) is 15.5 Å². The van der Waals surface area contributed by atoms with Gasteiger partial charge in [-0.15, -0.1) is 0 Å². The number of carbonyl (C=O) groups excluding carboxylic acids is 4. The van der Waals surface area contributed by atoms with E-state index in [0.717, 1.165) is 55.2 Å². The molecule has 2 aliphatic rings. The summed E-state index contributed by atoms with van der Waals surface area (Å²) in [7, 11) is 0. The van der Waals surface area contributed by atoms with Crippen molar-refractivity contribution in [3.63, 3.8) is 0 Å². The zero-order valence-corrected chi connectivity index (χ0v) is 24.3. The lowest BCUT2D eigenvalue weighted by molar-refractivity contribution is -0.144. The first-order valence-electron chi connectivity index (χ1n) is 14.2. The summed E-state index contributed by atoms with van der Waals surface area (Å²) in [6, 6.07) is 3.84. The normalized spacial score (nSPS) is 20.9. The smallest absolute Gasteiger partial charge is 0.408 e. The average molecular weight is 543 g/mol. The van der Waals surface area contributed by atoms with Crippen molar-refractivity contribution >= 4 is 23.8 Å². The third-order valence-electron chi connectivity index (χ3n) is 7.55.